The van der Waals surface area contributed by atoms with Gasteiger partial charge in [0.25, 0.3) is 5.91 Å². The number of halogens is 1. The van der Waals surface area contributed by atoms with Gasteiger partial charge in [0, 0.05) is 31.1 Å². The zero-order chi connectivity index (χ0) is 19.2. The summed E-state index contributed by atoms with van der Waals surface area (Å²) < 4.78 is 0. The summed E-state index contributed by atoms with van der Waals surface area (Å²) in [6, 6.07) is 7.51. The van der Waals surface area contributed by atoms with Crippen LogP contribution in [-0.4, -0.2) is 34.8 Å². The smallest absolute Gasteiger partial charge is 0.265 e. The minimum Gasteiger partial charge on any atom is -0.352 e. The van der Waals surface area contributed by atoms with Crippen molar-refractivity contribution < 1.29 is 9.59 Å². The fourth-order valence-electron chi connectivity index (χ4n) is 3.40. The molecule has 7 heteroatoms. The molecule has 0 radical (unpaired) electrons. The van der Waals surface area contributed by atoms with E-state index < -0.39 is 0 Å². The van der Waals surface area contributed by atoms with E-state index in [2.05, 4.69) is 10.3 Å². The summed E-state index contributed by atoms with van der Waals surface area (Å²) in [5.74, 6) is 0.460. The van der Waals surface area contributed by atoms with Crippen LogP contribution in [0.4, 0.5) is 0 Å². The Hall–Kier alpha value is -1.92. The minimum atomic E-state index is 0.0247. The van der Waals surface area contributed by atoms with E-state index in [-0.39, 0.29) is 11.8 Å². The second-order valence-electron chi connectivity index (χ2n) is 6.93. The maximum Gasteiger partial charge on any atom is 0.265 e. The molecule has 27 heavy (non-hydrogen) atoms. The van der Waals surface area contributed by atoms with Crippen LogP contribution in [0.15, 0.2) is 29.8 Å². The number of hydrogen-bond acceptors (Lipinski definition) is 4. The standard InChI is InChI=1S/C20H24ClN3O2S/c1-14-19(27-13-23-14)20(26)24-10-4-5-15(12-24)8-9-18(25)22-11-16-6-2-3-7-17(16)21/h2-3,6-7,13,15H,4-5,8-12H2,1H3,(H,22,25). The maximum absolute atomic E-state index is 12.7. The van der Waals surface area contributed by atoms with Crippen molar-refractivity contribution in [3.8, 4) is 0 Å². The van der Waals surface area contributed by atoms with E-state index >= 15 is 0 Å². The normalized spacial score (nSPS) is 17.0. The molecule has 5 nitrogen and oxygen atoms in total. The van der Waals surface area contributed by atoms with Crippen molar-refractivity contribution in [2.75, 3.05) is 13.1 Å². The molecule has 1 aliphatic heterocycles. The Labute approximate surface area is 168 Å². The first-order chi connectivity index (χ1) is 13.0. The highest BCUT2D eigenvalue weighted by atomic mass is 35.5. The van der Waals surface area contributed by atoms with Crippen molar-refractivity contribution in [3.05, 3.63) is 50.9 Å². The quantitative estimate of drug-likeness (QED) is 0.788. The number of aryl methyl sites for hydroxylation is 1. The molecule has 2 aromatic rings. The number of rotatable bonds is 6. The number of nitrogens with zero attached hydrogens (tertiary/aromatic N) is 2. The summed E-state index contributed by atoms with van der Waals surface area (Å²) in [4.78, 5) is 31.7. The van der Waals surface area contributed by atoms with E-state index in [0.717, 1.165) is 41.9 Å². The van der Waals surface area contributed by atoms with Crippen LogP contribution in [0, 0.1) is 12.8 Å². The molecule has 1 aliphatic rings. The summed E-state index contributed by atoms with van der Waals surface area (Å²) in [6.45, 7) is 3.81. The van der Waals surface area contributed by atoms with Crippen molar-refractivity contribution in [3.63, 3.8) is 0 Å². The molecule has 3 rings (SSSR count). The molecule has 1 fully saturated rings. The number of hydrogen-bond donors (Lipinski definition) is 1. The molecule has 1 aromatic carbocycles. The SMILES string of the molecule is Cc1ncsc1C(=O)N1CCCC(CCC(=O)NCc2ccccc2Cl)C1. The van der Waals surface area contributed by atoms with E-state index in [4.69, 9.17) is 11.6 Å². The van der Waals surface area contributed by atoms with Crippen molar-refractivity contribution in [2.24, 2.45) is 5.92 Å². The van der Waals surface area contributed by atoms with E-state index in [0.29, 0.717) is 30.5 Å². The number of piperidine rings is 1. The first-order valence-electron chi connectivity index (χ1n) is 9.24. The lowest BCUT2D eigenvalue weighted by molar-refractivity contribution is -0.121. The lowest BCUT2D eigenvalue weighted by Crippen LogP contribution is -2.40. The number of nitrogens with one attached hydrogen (secondary N) is 1. The van der Waals surface area contributed by atoms with Gasteiger partial charge in [0.1, 0.15) is 4.88 Å². The lowest BCUT2D eigenvalue weighted by Gasteiger charge is -2.32. The second-order valence-corrected chi connectivity index (χ2v) is 8.20. The fourth-order valence-corrected chi connectivity index (χ4v) is 4.37. The highest BCUT2D eigenvalue weighted by Gasteiger charge is 2.26. The number of likely N-dealkylation sites (tertiary alicyclic amines) is 1. The van der Waals surface area contributed by atoms with E-state index in [9.17, 15) is 9.59 Å². The minimum absolute atomic E-state index is 0.0247. The molecule has 1 saturated heterocycles. The topological polar surface area (TPSA) is 62.3 Å². The number of carbonyl (C=O) groups excluding carboxylic acids is 2. The molecule has 2 heterocycles. The predicted molar refractivity (Wildman–Crippen MR) is 108 cm³/mol. The molecule has 1 atom stereocenters. The van der Waals surface area contributed by atoms with Gasteiger partial charge in [-0.1, -0.05) is 29.8 Å². The van der Waals surface area contributed by atoms with Gasteiger partial charge >= 0.3 is 0 Å². The number of thiazole rings is 1. The zero-order valence-corrected chi connectivity index (χ0v) is 17.0. The first-order valence-corrected chi connectivity index (χ1v) is 10.5. The van der Waals surface area contributed by atoms with Gasteiger partial charge in [-0.2, -0.15) is 0 Å². The molecule has 0 spiro atoms. The van der Waals surface area contributed by atoms with Crippen molar-refractivity contribution >= 4 is 34.8 Å². The fraction of sp³-hybridized carbons (Fsp3) is 0.450. The number of aromatic nitrogens is 1. The van der Waals surface area contributed by atoms with Gasteiger partial charge in [-0.05, 0) is 43.7 Å². The highest BCUT2D eigenvalue weighted by molar-refractivity contribution is 7.11. The molecular weight excluding hydrogens is 382 g/mol. The molecule has 0 aliphatic carbocycles. The van der Waals surface area contributed by atoms with Crippen molar-refractivity contribution in [1.29, 1.82) is 0 Å². The third-order valence-electron chi connectivity index (χ3n) is 4.96. The Bertz CT molecular complexity index is 808. The van der Waals surface area contributed by atoms with Crippen molar-refractivity contribution in [1.82, 2.24) is 15.2 Å². The largest absolute Gasteiger partial charge is 0.352 e. The van der Waals surface area contributed by atoms with Gasteiger partial charge in [-0.3, -0.25) is 9.59 Å². The number of amides is 2. The third kappa shape index (κ3) is 5.30. The summed E-state index contributed by atoms with van der Waals surface area (Å²) in [5.41, 5.74) is 3.43. The summed E-state index contributed by atoms with van der Waals surface area (Å²) >= 11 is 7.51. The van der Waals surface area contributed by atoms with Crippen LogP contribution in [0.3, 0.4) is 0 Å². The van der Waals surface area contributed by atoms with E-state index in [1.165, 1.54) is 11.3 Å². The zero-order valence-electron chi connectivity index (χ0n) is 15.4. The van der Waals surface area contributed by atoms with Crippen LogP contribution in [0.2, 0.25) is 5.02 Å². The first kappa shape index (κ1) is 19.8. The molecule has 0 bridgehead atoms. The lowest BCUT2D eigenvalue weighted by atomic mass is 9.93. The number of benzene rings is 1. The molecule has 144 valence electrons. The van der Waals surface area contributed by atoms with Gasteiger partial charge in [0.15, 0.2) is 0 Å². The molecule has 1 aromatic heterocycles. The van der Waals surface area contributed by atoms with Gasteiger partial charge in [0.05, 0.1) is 11.2 Å². The molecule has 0 saturated carbocycles. The van der Waals surface area contributed by atoms with E-state index in [1.54, 1.807) is 5.51 Å². The van der Waals surface area contributed by atoms with Crippen molar-refractivity contribution in [2.45, 2.75) is 39.2 Å². The Morgan fingerprint density at radius 1 is 1.37 bits per heavy atom. The summed E-state index contributed by atoms with van der Waals surface area (Å²) in [5, 5.41) is 3.60. The molecule has 1 N–H and O–H groups in total. The Morgan fingerprint density at radius 2 is 2.19 bits per heavy atom. The average molecular weight is 406 g/mol. The monoisotopic (exact) mass is 405 g/mol. The molecular formula is C20H24ClN3O2S. The Kier molecular flexibility index (Phi) is 6.85. The van der Waals surface area contributed by atoms with Gasteiger partial charge in [-0.15, -0.1) is 11.3 Å². The van der Waals surface area contributed by atoms with Crippen LogP contribution in [0.25, 0.3) is 0 Å². The van der Waals surface area contributed by atoms with Crippen LogP contribution < -0.4 is 5.32 Å². The predicted octanol–water partition coefficient (Wildman–Crippen LogP) is 4.05. The van der Waals surface area contributed by atoms with Crippen LogP contribution in [-0.2, 0) is 11.3 Å². The molecule has 1 unspecified atom stereocenters. The third-order valence-corrected chi connectivity index (χ3v) is 6.24. The average Bonchev–Trinajstić information content (AvgIpc) is 3.11. The van der Waals surface area contributed by atoms with E-state index in [1.807, 2.05) is 36.1 Å². The van der Waals surface area contributed by atoms with Crippen LogP contribution in [0.5, 0.6) is 0 Å². The van der Waals surface area contributed by atoms with Crippen LogP contribution in [0.1, 0.15) is 46.6 Å². The Morgan fingerprint density at radius 3 is 2.93 bits per heavy atom. The van der Waals surface area contributed by atoms with Gasteiger partial charge < -0.3 is 10.2 Å². The van der Waals surface area contributed by atoms with Crippen LogP contribution >= 0.6 is 22.9 Å². The van der Waals surface area contributed by atoms with Gasteiger partial charge in [-0.25, -0.2) is 4.98 Å². The maximum atomic E-state index is 12.7. The number of carbonyl (C=O) groups is 2. The molecule has 2 amide bonds. The summed E-state index contributed by atoms with van der Waals surface area (Å²) in [7, 11) is 0. The summed E-state index contributed by atoms with van der Waals surface area (Å²) in [6.07, 6.45) is 3.30. The van der Waals surface area contributed by atoms with Gasteiger partial charge in [0.2, 0.25) is 5.91 Å². The Balaban J connectivity index is 1.45. The second kappa shape index (κ2) is 9.33. The highest BCUT2D eigenvalue weighted by Crippen LogP contribution is 2.24.